The third-order valence-electron chi connectivity index (χ3n) is 4.36. The molecule has 2 aromatic rings. The van der Waals surface area contributed by atoms with Crippen molar-refractivity contribution in [3.63, 3.8) is 0 Å². The molecule has 0 atom stereocenters. The van der Waals surface area contributed by atoms with Crippen LogP contribution in [0.1, 0.15) is 51.9 Å². The van der Waals surface area contributed by atoms with Crippen molar-refractivity contribution in [3.05, 3.63) is 35.6 Å². The molecular weight excluding hydrogens is 234 g/mol. The van der Waals surface area contributed by atoms with Gasteiger partial charge in [-0.25, -0.2) is 0 Å². The van der Waals surface area contributed by atoms with Crippen molar-refractivity contribution in [2.75, 3.05) is 0 Å². The second-order valence-electron chi connectivity index (χ2n) is 5.47. The molecule has 0 saturated heterocycles. The largest absolute Gasteiger partial charge is 0.461 e. The molecule has 2 heteroatoms. The summed E-state index contributed by atoms with van der Waals surface area (Å²) in [5, 5.41) is 4.96. The lowest BCUT2D eigenvalue weighted by Crippen LogP contribution is -2.40. The highest BCUT2D eigenvalue weighted by atomic mass is 16.3. The van der Waals surface area contributed by atoms with Gasteiger partial charge in [-0.3, -0.25) is 0 Å². The molecule has 19 heavy (non-hydrogen) atoms. The van der Waals surface area contributed by atoms with Crippen LogP contribution in [0.25, 0.3) is 11.0 Å². The molecule has 0 saturated carbocycles. The van der Waals surface area contributed by atoms with E-state index in [0.717, 1.165) is 37.2 Å². The van der Waals surface area contributed by atoms with Gasteiger partial charge in [0.05, 0.1) is 0 Å². The van der Waals surface area contributed by atoms with E-state index in [9.17, 15) is 0 Å². The molecule has 0 radical (unpaired) electrons. The summed E-state index contributed by atoms with van der Waals surface area (Å²) in [6.07, 6.45) is 3.22. The van der Waals surface area contributed by atoms with Crippen molar-refractivity contribution in [2.45, 2.75) is 59.0 Å². The summed E-state index contributed by atoms with van der Waals surface area (Å²) in [5.74, 6) is 1.11. The minimum absolute atomic E-state index is 0.212. The maximum absolute atomic E-state index is 5.94. The smallest absolute Gasteiger partial charge is 0.134 e. The average molecular weight is 259 g/mol. The summed E-state index contributed by atoms with van der Waals surface area (Å²) >= 11 is 0. The molecule has 1 aromatic heterocycles. The van der Waals surface area contributed by atoms with E-state index in [4.69, 9.17) is 4.42 Å². The lowest BCUT2D eigenvalue weighted by atomic mass is 9.95. The van der Waals surface area contributed by atoms with Crippen LogP contribution in [-0.4, -0.2) is 5.54 Å². The van der Waals surface area contributed by atoms with E-state index in [1.807, 2.05) is 6.07 Å². The van der Waals surface area contributed by atoms with Crippen LogP contribution in [0.5, 0.6) is 0 Å². The first-order valence-electron chi connectivity index (χ1n) is 7.37. The fourth-order valence-electron chi connectivity index (χ4n) is 2.43. The summed E-state index contributed by atoms with van der Waals surface area (Å²) in [6, 6.07) is 8.32. The highest BCUT2D eigenvalue weighted by Gasteiger charge is 2.20. The monoisotopic (exact) mass is 259 g/mol. The average Bonchev–Trinajstić information content (AvgIpc) is 2.82. The summed E-state index contributed by atoms with van der Waals surface area (Å²) < 4.78 is 5.94. The molecule has 0 amide bonds. The maximum Gasteiger partial charge on any atom is 0.134 e. The summed E-state index contributed by atoms with van der Waals surface area (Å²) in [4.78, 5) is 0. The van der Waals surface area contributed by atoms with Crippen LogP contribution in [0.15, 0.2) is 28.7 Å². The highest BCUT2D eigenvalue weighted by molar-refractivity contribution is 5.82. The van der Waals surface area contributed by atoms with Gasteiger partial charge in [0, 0.05) is 29.5 Å². The zero-order chi connectivity index (χ0) is 13.9. The highest BCUT2D eigenvalue weighted by Crippen LogP contribution is 2.27. The molecule has 2 rings (SSSR count). The van der Waals surface area contributed by atoms with Crippen molar-refractivity contribution in [3.8, 4) is 0 Å². The van der Waals surface area contributed by atoms with Gasteiger partial charge in [-0.15, -0.1) is 0 Å². The lowest BCUT2D eigenvalue weighted by Gasteiger charge is -2.28. The van der Waals surface area contributed by atoms with Gasteiger partial charge in [-0.05, 0) is 25.8 Å². The molecule has 1 N–H and O–H groups in total. The van der Waals surface area contributed by atoms with Crippen molar-refractivity contribution >= 4 is 11.0 Å². The predicted octanol–water partition coefficient (Wildman–Crippen LogP) is 4.66. The fraction of sp³-hybridized carbons (Fsp3) is 0.529. The number of para-hydroxylation sites is 1. The van der Waals surface area contributed by atoms with Crippen LogP contribution in [0.3, 0.4) is 0 Å². The number of hydrogen-bond acceptors (Lipinski definition) is 2. The molecular formula is C17H25NO. The van der Waals surface area contributed by atoms with Crippen LogP contribution in [0.2, 0.25) is 0 Å². The zero-order valence-electron chi connectivity index (χ0n) is 12.5. The van der Waals surface area contributed by atoms with E-state index in [1.54, 1.807) is 0 Å². The normalized spacial score (nSPS) is 12.2. The van der Waals surface area contributed by atoms with E-state index >= 15 is 0 Å². The van der Waals surface area contributed by atoms with Gasteiger partial charge in [-0.2, -0.15) is 0 Å². The number of nitrogens with one attached hydrogen (secondary N) is 1. The van der Waals surface area contributed by atoms with Gasteiger partial charge < -0.3 is 9.73 Å². The summed E-state index contributed by atoms with van der Waals surface area (Å²) in [7, 11) is 0. The Morgan fingerprint density at radius 3 is 2.42 bits per heavy atom. The number of furan rings is 1. The van der Waals surface area contributed by atoms with Gasteiger partial charge in [0.25, 0.3) is 0 Å². The predicted molar refractivity (Wildman–Crippen MR) is 81.4 cm³/mol. The topological polar surface area (TPSA) is 25.2 Å². The second kappa shape index (κ2) is 5.79. The van der Waals surface area contributed by atoms with Crippen molar-refractivity contribution in [1.29, 1.82) is 0 Å². The van der Waals surface area contributed by atoms with E-state index in [1.165, 1.54) is 10.9 Å². The molecule has 0 aliphatic heterocycles. The number of rotatable bonds is 6. The van der Waals surface area contributed by atoms with Crippen molar-refractivity contribution in [1.82, 2.24) is 5.32 Å². The van der Waals surface area contributed by atoms with Gasteiger partial charge in [0.15, 0.2) is 0 Å². The molecule has 2 nitrogen and oxygen atoms in total. The number of aryl methyl sites for hydroxylation is 1. The Hall–Kier alpha value is -1.28. The molecule has 1 heterocycles. The quantitative estimate of drug-likeness (QED) is 0.816. The Balaban J connectivity index is 2.29. The minimum Gasteiger partial charge on any atom is -0.461 e. The first-order chi connectivity index (χ1) is 9.13. The number of benzene rings is 1. The molecule has 0 fully saturated rings. The van der Waals surface area contributed by atoms with Crippen LogP contribution in [0, 0.1) is 0 Å². The van der Waals surface area contributed by atoms with E-state index in [2.05, 4.69) is 51.2 Å². The standard InChI is InChI=1S/C17H25NO/c1-5-15-14(12-18-17(4,6-2)7-3)13-10-8-9-11-16(13)19-15/h8-11,18H,5-7,12H2,1-4H3. The van der Waals surface area contributed by atoms with Gasteiger partial charge in [-0.1, -0.05) is 39.0 Å². The first-order valence-corrected chi connectivity index (χ1v) is 7.37. The van der Waals surface area contributed by atoms with Crippen molar-refractivity contribution < 1.29 is 4.42 Å². The van der Waals surface area contributed by atoms with E-state index < -0.39 is 0 Å². The van der Waals surface area contributed by atoms with Crippen LogP contribution < -0.4 is 5.32 Å². The Morgan fingerprint density at radius 2 is 1.79 bits per heavy atom. The Labute approximate surface area is 116 Å². The summed E-state index contributed by atoms with van der Waals surface area (Å²) in [6.45, 7) is 9.81. The van der Waals surface area contributed by atoms with E-state index in [0.29, 0.717) is 0 Å². The van der Waals surface area contributed by atoms with Crippen LogP contribution >= 0.6 is 0 Å². The van der Waals surface area contributed by atoms with Crippen LogP contribution in [0.4, 0.5) is 0 Å². The van der Waals surface area contributed by atoms with Crippen LogP contribution in [-0.2, 0) is 13.0 Å². The molecule has 1 aromatic carbocycles. The molecule has 0 spiro atoms. The number of fused-ring (bicyclic) bond motifs is 1. The molecule has 0 aliphatic carbocycles. The summed E-state index contributed by atoms with van der Waals surface area (Å²) in [5.41, 5.74) is 2.54. The molecule has 0 bridgehead atoms. The first kappa shape index (κ1) is 14.1. The Morgan fingerprint density at radius 1 is 1.11 bits per heavy atom. The second-order valence-corrected chi connectivity index (χ2v) is 5.47. The van der Waals surface area contributed by atoms with E-state index in [-0.39, 0.29) is 5.54 Å². The minimum atomic E-state index is 0.212. The molecule has 0 unspecified atom stereocenters. The molecule has 104 valence electrons. The molecule has 0 aliphatic rings. The Bertz CT molecular complexity index is 537. The number of hydrogen-bond donors (Lipinski definition) is 1. The Kier molecular flexibility index (Phi) is 4.31. The third kappa shape index (κ3) is 2.84. The SMILES string of the molecule is CCc1oc2ccccc2c1CNC(C)(CC)CC. The van der Waals surface area contributed by atoms with Gasteiger partial charge in [0.2, 0.25) is 0 Å². The van der Waals surface area contributed by atoms with Crippen molar-refractivity contribution in [2.24, 2.45) is 0 Å². The zero-order valence-corrected chi connectivity index (χ0v) is 12.5. The maximum atomic E-state index is 5.94. The lowest BCUT2D eigenvalue weighted by molar-refractivity contribution is 0.328. The van der Waals surface area contributed by atoms with Gasteiger partial charge >= 0.3 is 0 Å². The fourth-order valence-corrected chi connectivity index (χ4v) is 2.43. The van der Waals surface area contributed by atoms with Gasteiger partial charge in [0.1, 0.15) is 11.3 Å². The third-order valence-corrected chi connectivity index (χ3v) is 4.36.